The van der Waals surface area contributed by atoms with Crippen molar-refractivity contribution < 1.29 is 22.9 Å². The lowest BCUT2D eigenvalue weighted by atomic mass is 10.3. The molecule has 0 spiro atoms. The second-order valence-electron chi connectivity index (χ2n) is 2.78. The number of non-ortho nitro benzene ring substituents is 1. The molecule has 1 aromatic carbocycles. The van der Waals surface area contributed by atoms with Gasteiger partial charge in [0.2, 0.25) is 0 Å². The SMILES string of the molecule is COP(=S)(OC)Oc1ccc([N+](=O)[O-])cc1F. The van der Waals surface area contributed by atoms with E-state index in [-0.39, 0.29) is 11.4 Å². The zero-order valence-corrected chi connectivity index (χ0v) is 10.7. The average molecular weight is 281 g/mol. The number of nitro benzene ring substituents is 1. The van der Waals surface area contributed by atoms with E-state index in [2.05, 4.69) is 0 Å². The average Bonchev–Trinajstić information content (AvgIpc) is 2.31. The molecule has 0 atom stereocenters. The van der Waals surface area contributed by atoms with E-state index in [0.717, 1.165) is 18.2 Å². The minimum atomic E-state index is -3.05. The maximum Gasteiger partial charge on any atom is 0.380 e. The van der Waals surface area contributed by atoms with Crippen molar-refractivity contribution in [3.05, 3.63) is 34.1 Å². The molecule has 0 aliphatic rings. The van der Waals surface area contributed by atoms with E-state index in [1.165, 1.54) is 14.2 Å². The molecule has 0 fully saturated rings. The monoisotopic (exact) mass is 281 g/mol. The molecule has 0 aliphatic carbocycles. The lowest BCUT2D eigenvalue weighted by molar-refractivity contribution is -0.385. The molecule has 0 amide bonds. The van der Waals surface area contributed by atoms with Crippen LogP contribution in [-0.4, -0.2) is 19.1 Å². The molecule has 0 aliphatic heterocycles. The van der Waals surface area contributed by atoms with Crippen LogP contribution in [-0.2, 0) is 20.9 Å². The summed E-state index contributed by atoms with van der Waals surface area (Å²) in [7, 11) is 2.54. The molecule has 6 nitrogen and oxygen atoms in total. The summed E-state index contributed by atoms with van der Waals surface area (Å²) in [5.41, 5.74) is -0.377. The summed E-state index contributed by atoms with van der Waals surface area (Å²) in [4.78, 5) is 9.68. The first-order valence-electron chi connectivity index (χ1n) is 4.27. The van der Waals surface area contributed by atoms with Crippen LogP contribution in [0.15, 0.2) is 18.2 Å². The molecule has 0 heterocycles. The number of rotatable bonds is 5. The van der Waals surface area contributed by atoms with Gasteiger partial charge in [-0.15, -0.1) is 0 Å². The fourth-order valence-electron chi connectivity index (χ4n) is 0.947. The molecule has 94 valence electrons. The van der Waals surface area contributed by atoms with Crippen LogP contribution in [0.1, 0.15) is 0 Å². The Morgan fingerprint density at radius 3 is 2.41 bits per heavy atom. The highest BCUT2D eigenvalue weighted by Crippen LogP contribution is 2.48. The van der Waals surface area contributed by atoms with Gasteiger partial charge in [-0.2, -0.15) is 0 Å². The third-order valence-corrected chi connectivity index (χ3v) is 4.22. The smallest absolute Gasteiger partial charge is 0.380 e. The van der Waals surface area contributed by atoms with Crippen molar-refractivity contribution in [2.45, 2.75) is 0 Å². The number of halogens is 1. The van der Waals surface area contributed by atoms with Crippen LogP contribution in [0.3, 0.4) is 0 Å². The number of nitrogens with zero attached hydrogens (tertiary/aromatic N) is 1. The molecule has 1 aromatic rings. The van der Waals surface area contributed by atoms with Crippen molar-refractivity contribution in [3.8, 4) is 5.75 Å². The molecule has 0 unspecified atom stereocenters. The van der Waals surface area contributed by atoms with Gasteiger partial charge in [0.05, 0.1) is 11.0 Å². The first-order valence-corrected chi connectivity index (χ1v) is 6.82. The predicted molar refractivity (Wildman–Crippen MR) is 62.0 cm³/mol. The van der Waals surface area contributed by atoms with Gasteiger partial charge < -0.3 is 13.6 Å². The Balaban J connectivity index is 3.01. The lowest BCUT2D eigenvalue weighted by Gasteiger charge is -2.18. The first kappa shape index (κ1) is 14.0. The zero-order valence-electron chi connectivity index (χ0n) is 8.95. The minimum absolute atomic E-state index is 0.248. The van der Waals surface area contributed by atoms with Crippen LogP contribution < -0.4 is 4.52 Å². The van der Waals surface area contributed by atoms with Gasteiger partial charge in [-0.3, -0.25) is 10.1 Å². The summed E-state index contributed by atoms with van der Waals surface area (Å²) in [6, 6.07) is 2.94. The fourth-order valence-corrected chi connectivity index (χ4v) is 1.87. The van der Waals surface area contributed by atoms with E-state index in [1.807, 2.05) is 0 Å². The van der Waals surface area contributed by atoms with Gasteiger partial charge in [0.1, 0.15) is 0 Å². The Morgan fingerprint density at radius 2 is 2.00 bits per heavy atom. The third-order valence-electron chi connectivity index (χ3n) is 1.78. The largest absolute Gasteiger partial charge is 0.421 e. The third kappa shape index (κ3) is 3.44. The predicted octanol–water partition coefficient (Wildman–Crippen LogP) is 2.63. The van der Waals surface area contributed by atoms with Crippen molar-refractivity contribution in [3.63, 3.8) is 0 Å². The second-order valence-corrected chi connectivity index (χ2v) is 5.92. The molecule has 0 saturated carbocycles. The summed E-state index contributed by atoms with van der Waals surface area (Å²) in [6.45, 7) is -3.05. The molecule has 0 bridgehead atoms. The Bertz CT molecular complexity index is 475. The standard InChI is InChI=1S/C8H9FNO5PS/c1-13-16(17,14-2)15-8-4-3-6(10(11)12)5-7(8)9/h3-5H,1-2H3. The molecule has 0 aromatic heterocycles. The first-order chi connectivity index (χ1) is 7.91. The van der Waals surface area contributed by atoms with Gasteiger partial charge in [0, 0.05) is 32.1 Å². The Morgan fingerprint density at radius 1 is 1.41 bits per heavy atom. The van der Waals surface area contributed by atoms with E-state index in [0.29, 0.717) is 0 Å². The molecule has 1 rings (SSSR count). The quantitative estimate of drug-likeness (QED) is 0.469. The maximum absolute atomic E-state index is 13.4. The summed E-state index contributed by atoms with van der Waals surface area (Å²) < 4.78 is 28.1. The fraction of sp³-hybridized carbons (Fsp3) is 0.250. The van der Waals surface area contributed by atoms with Crippen molar-refractivity contribution in [2.75, 3.05) is 14.2 Å². The van der Waals surface area contributed by atoms with E-state index in [9.17, 15) is 14.5 Å². The van der Waals surface area contributed by atoms with E-state index < -0.39 is 17.5 Å². The molecular formula is C8H9FNO5PS. The van der Waals surface area contributed by atoms with Crippen molar-refractivity contribution in [1.29, 1.82) is 0 Å². The zero-order chi connectivity index (χ0) is 13.1. The highest BCUT2D eigenvalue weighted by Gasteiger charge is 2.21. The van der Waals surface area contributed by atoms with E-state index >= 15 is 0 Å². The molecule has 0 radical (unpaired) electrons. The molecule has 0 saturated heterocycles. The van der Waals surface area contributed by atoms with Crippen molar-refractivity contribution in [1.82, 2.24) is 0 Å². The normalized spacial score (nSPS) is 11.2. The number of hydrogen-bond acceptors (Lipinski definition) is 6. The Labute approximate surface area is 102 Å². The van der Waals surface area contributed by atoms with Gasteiger partial charge >= 0.3 is 6.72 Å². The highest BCUT2D eigenvalue weighted by atomic mass is 32.5. The number of nitro groups is 1. The van der Waals surface area contributed by atoms with E-state index in [1.54, 1.807) is 0 Å². The van der Waals surface area contributed by atoms with Crippen LogP contribution in [0.25, 0.3) is 0 Å². The highest BCUT2D eigenvalue weighted by molar-refractivity contribution is 8.07. The Kier molecular flexibility index (Phi) is 4.53. The topological polar surface area (TPSA) is 70.8 Å². The van der Waals surface area contributed by atoms with Gasteiger partial charge in [-0.1, -0.05) is 0 Å². The van der Waals surface area contributed by atoms with Crippen molar-refractivity contribution >= 4 is 24.2 Å². The summed E-state index contributed by atoms with van der Waals surface area (Å²) in [6.07, 6.45) is 0. The molecule has 0 N–H and O–H groups in total. The Hall–Kier alpha value is -1.08. The van der Waals surface area contributed by atoms with Crippen LogP contribution in [0, 0.1) is 15.9 Å². The maximum atomic E-state index is 13.4. The number of hydrogen-bond donors (Lipinski definition) is 0. The van der Waals surface area contributed by atoms with Gasteiger partial charge in [-0.05, 0) is 6.07 Å². The lowest BCUT2D eigenvalue weighted by Crippen LogP contribution is -1.99. The van der Waals surface area contributed by atoms with Crippen LogP contribution >= 0.6 is 6.72 Å². The minimum Gasteiger partial charge on any atom is -0.421 e. The molecule has 17 heavy (non-hydrogen) atoms. The van der Waals surface area contributed by atoms with Gasteiger partial charge in [0.25, 0.3) is 5.69 Å². The summed E-state index contributed by atoms with van der Waals surface area (Å²) in [5.74, 6) is -1.15. The van der Waals surface area contributed by atoms with Crippen LogP contribution in [0.2, 0.25) is 0 Å². The van der Waals surface area contributed by atoms with Gasteiger partial charge in [-0.25, -0.2) is 4.39 Å². The molecular weight excluding hydrogens is 272 g/mol. The summed E-state index contributed by atoms with van der Waals surface area (Å²) in [5, 5.41) is 10.4. The van der Waals surface area contributed by atoms with Gasteiger partial charge in [0.15, 0.2) is 11.6 Å². The van der Waals surface area contributed by atoms with Crippen LogP contribution in [0.4, 0.5) is 10.1 Å². The van der Waals surface area contributed by atoms with Crippen molar-refractivity contribution in [2.24, 2.45) is 0 Å². The molecule has 9 heteroatoms. The van der Waals surface area contributed by atoms with Crippen LogP contribution in [0.5, 0.6) is 5.75 Å². The second kappa shape index (κ2) is 5.50. The number of benzene rings is 1. The van der Waals surface area contributed by atoms with E-state index in [4.69, 9.17) is 25.4 Å². The summed E-state index contributed by atoms with van der Waals surface area (Å²) >= 11 is 4.87.